The molecule has 1 aliphatic heterocycles. The Morgan fingerprint density at radius 3 is 2.32 bits per heavy atom. The van der Waals surface area contributed by atoms with E-state index in [1.165, 1.54) is 76.2 Å². The third-order valence-corrected chi connectivity index (χ3v) is 7.75. The summed E-state index contributed by atoms with van der Waals surface area (Å²) in [7, 11) is 0. The van der Waals surface area contributed by atoms with Crippen molar-refractivity contribution in [2.45, 2.75) is 110 Å². The lowest BCUT2D eigenvalue weighted by atomic mass is 10.1. The van der Waals surface area contributed by atoms with Gasteiger partial charge in [-0.3, -0.25) is 4.79 Å². The highest BCUT2D eigenvalue weighted by Gasteiger charge is 2.16. The fraction of sp³-hybridized carbons (Fsp3) is 0.528. The van der Waals surface area contributed by atoms with E-state index in [9.17, 15) is 4.79 Å². The molecule has 0 radical (unpaired) electrons. The summed E-state index contributed by atoms with van der Waals surface area (Å²) in [4.78, 5) is 12.1. The smallest absolute Gasteiger partial charge is 0.305 e. The summed E-state index contributed by atoms with van der Waals surface area (Å²) in [6.45, 7) is 3.00. The molecule has 1 aromatic heterocycles. The predicted molar refractivity (Wildman–Crippen MR) is 167 cm³/mol. The molecular formula is C36H48O5. The lowest BCUT2D eigenvalue weighted by Gasteiger charge is -2.05. The molecule has 3 aromatic rings. The standard InChI is InChI=1S/C36H48O5/c1-2-3-4-5-6-7-8-9-10-11-12-13-14-15-16-19-36(37)38-24-17-18-29-20-22-32-31(25-29)27-34(41-32)30-21-23-33-35(26-30)40-28-39-33/h9-10,20-23,25-27H,2-8,11-19,24,28H2,1H3/b10-9-. The molecule has 5 heteroatoms. The first-order chi connectivity index (χ1) is 20.2. The number of benzene rings is 2. The maximum atomic E-state index is 12.1. The Morgan fingerprint density at radius 1 is 0.780 bits per heavy atom. The van der Waals surface area contributed by atoms with Gasteiger partial charge in [-0.25, -0.2) is 0 Å². The van der Waals surface area contributed by atoms with Gasteiger partial charge >= 0.3 is 5.97 Å². The minimum Gasteiger partial charge on any atom is -0.466 e. The summed E-state index contributed by atoms with van der Waals surface area (Å²) >= 11 is 0. The summed E-state index contributed by atoms with van der Waals surface area (Å²) in [5.41, 5.74) is 3.03. The Balaban J connectivity index is 1.01. The van der Waals surface area contributed by atoms with Gasteiger partial charge in [0.05, 0.1) is 6.61 Å². The van der Waals surface area contributed by atoms with Gasteiger partial charge in [-0.2, -0.15) is 0 Å². The monoisotopic (exact) mass is 560 g/mol. The van der Waals surface area contributed by atoms with Crippen molar-refractivity contribution in [1.29, 1.82) is 0 Å². The first-order valence-corrected chi connectivity index (χ1v) is 16.0. The Kier molecular flexibility index (Phi) is 13.2. The van der Waals surface area contributed by atoms with Gasteiger partial charge in [-0.05, 0) is 86.9 Å². The molecule has 41 heavy (non-hydrogen) atoms. The number of hydrogen-bond acceptors (Lipinski definition) is 5. The number of carbonyl (C=O) groups is 1. The molecule has 4 rings (SSSR count). The van der Waals surface area contributed by atoms with Crippen molar-refractivity contribution in [3.05, 3.63) is 60.2 Å². The van der Waals surface area contributed by atoms with Crippen LogP contribution in [0.3, 0.4) is 0 Å². The van der Waals surface area contributed by atoms with Gasteiger partial charge in [0.2, 0.25) is 6.79 Å². The third-order valence-electron chi connectivity index (χ3n) is 7.75. The number of hydrogen-bond donors (Lipinski definition) is 0. The number of carbonyl (C=O) groups excluding carboxylic acids is 1. The van der Waals surface area contributed by atoms with E-state index in [-0.39, 0.29) is 12.8 Å². The number of allylic oxidation sites excluding steroid dienone is 2. The number of ether oxygens (including phenoxy) is 3. The molecule has 0 N–H and O–H groups in total. The Hall–Kier alpha value is -3.21. The van der Waals surface area contributed by atoms with Crippen molar-refractivity contribution in [2.75, 3.05) is 13.4 Å². The average Bonchev–Trinajstić information content (AvgIpc) is 3.64. The molecule has 0 bridgehead atoms. The van der Waals surface area contributed by atoms with Crippen molar-refractivity contribution in [3.8, 4) is 22.8 Å². The second-order valence-corrected chi connectivity index (χ2v) is 11.2. The topological polar surface area (TPSA) is 57.9 Å². The van der Waals surface area contributed by atoms with Gasteiger partial charge in [-0.1, -0.05) is 76.5 Å². The summed E-state index contributed by atoms with van der Waals surface area (Å²) in [6.07, 6.45) is 23.3. The van der Waals surface area contributed by atoms with E-state index in [0.717, 1.165) is 59.5 Å². The largest absolute Gasteiger partial charge is 0.466 e. The molecule has 0 amide bonds. The third kappa shape index (κ3) is 10.6. The Morgan fingerprint density at radius 2 is 1.51 bits per heavy atom. The number of rotatable bonds is 20. The fourth-order valence-electron chi connectivity index (χ4n) is 5.31. The summed E-state index contributed by atoms with van der Waals surface area (Å²) in [5, 5.41) is 1.07. The van der Waals surface area contributed by atoms with Crippen LogP contribution < -0.4 is 9.47 Å². The Labute approximate surface area is 246 Å². The van der Waals surface area contributed by atoms with Crippen molar-refractivity contribution in [1.82, 2.24) is 0 Å². The van der Waals surface area contributed by atoms with Crippen LogP contribution in [0.2, 0.25) is 0 Å². The predicted octanol–water partition coefficient (Wildman–Crippen LogP) is 10.3. The van der Waals surface area contributed by atoms with Crippen molar-refractivity contribution in [2.24, 2.45) is 0 Å². The van der Waals surface area contributed by atoms with E-state index in [4.69, 9.17) is 18.6 Å². The summed E-state index contributed by atoms with van der Waals surface area (Å²) < 4.78 is 22.4. The van der Waals surface area contributed by atoms with Crippen molar-refractivity contribution in [3.63, 3.8) is 0 Å². The van der Waals surface area contributed by atoms with E-state index >= 15 is 0 Å². The zero-order valence-corrected chi connectivity index (χ0v) is 25.0. The fourth-order valence-corrected chi connectivity index (χ4v) is 5.31. The van der Waals surface area contributed by atoms with Crippen LogP contribution in [-0.2, 0) is 16.0 Å². The number of fused-ring (bicyclic) bond motifs is 2. The highest BCUT2D eigenvalue weighted by molar-refractivity contribution is 5.83. The van der Waals surface area contributed by atoms with E-state index in [0.29, 0.717) is 13.0 Å². The quantitative estimate of drug-likeness (QED) is 0.0781. The molecule has 0 spiro atoms. The van der Waals surface area contributed by atoms with Crippen LogP contribution in [0.5, 0.6) is 11.5 Å². The van der Waals surface area contributed by atoms with E-state index < -0.39 is 0 Å². The van der Waals surface area contributed by atoms with Gasteiger partial charge < -0.3 is 18.6 Å². The molecule has 2 aromatic carbocycles. The maximum Gasteiger partial charge on any atom is 0.305 e. The average molecular weight is 561 g/mol. The Bertz CT molecular complexity index is 1220. The molecule has 5 nitrogen and oxygen atoms in total. The minimum atomic E-state index is -0.0683. The van der Waals surface area contributed by atoms with Gasteiger partial charge in [0.25, 0.3) is 0 Å². The molecule has 0 saturated heterocycles. The second-order valence-electron chi connectivity index (χ2n) is 11.2. The van der Waals surface area contributed by atoms with Crippen LogP contribution >= 0.6 is 0 Å². The molecule has 0 fully saturated rings. The zero-order chi connectivity index (χ0) is 28.5. The van der Waals surface area contributed by atoms with E-state index in [2.05, 4.69) is 37.3 Å². The SMILES string of the molecule is CCCCCCCC/C=C\CCCCCCCC(=O)OCCCc1ccc2oc(-c3ccc4c(c3)OCO4)cc2c1. The van der Waals surface area contributed by atoms with Crippen molar-refractivity contribution >= 4 is 16.9 Å². The van der Waals surface area contributed by atoms with Gasteiger partial charge in [0.15, 0.2) is 11.5 Å². The number of furan rings is 1. The lowest BCUT2D eigenvalue weighted by molar-refractivity contribution is -0.143. The van der Waals surface area contributed by atoms with Gasteiger partial charge in [0.1, 0.15) is 11.3 Å². The molecule has 0 atom stereocenters. The normalized spacial score (nSPS) is 12.5. The number of unbranched alkanes of at least 4 members (excludes halogenated alkanes) is 11. The van der Waals surface area contributed by atoms with E-state index in [1.54, 1.807) is 0 Å². The lowest BCUT2D eigenvalue weighted by Crippen LogP contribution is -2.06. The first kappa shape index (κ1) is 30.7. The van der Waals surface area contributed by atoms with Crippen LogP contribution in [0, 0.1) is 0 Å². The molecule has 0 aliphatic carbocycles. The first-order valence-electron chi connectivity index (χ1n) is 16.0. The molecule has 2 heterocycles. The summed E-state index contributed by atoms with van der Waals surface area (Å²) in [5.74, 6) is 2.25. The molecule has 0 saturated carbocycles. The van der Waals surface area contributed by atoms with Crippen LogP contribution in [-0.4, -0.2) is 19.4 Å². The summed E-state index contributed by atoms with van der Waals surface area (Å²) in [6, 6.07) is 14.2. The zero-order valence-electron chi connectivity index (χ0n) is 25.0. The molecule has 0 unspecified atom stereocenters. The second kappa shape index (κ2) is 17.6. The van der Waals surface area contributed by atoms with Crippen LogP contribution in [0.4, 0.5) is 0 Å². The number of esters is 1. The molecule has 1 aliphatic rings. The number of aryl methyl sites for hydroxylation is 1. The molecular weight excluding hydrogens is 512 g/mol. The van der Waals surface area contributed by atoms with Gasteiger partial charge in [0, 0.05) is 17.4 Å². The minimum absolute atomic E-state index is 0.0683. The highest BCUT2D eigenvalue weighted by atomic mass is 16.7. The van der Waals surface area contributed by atoms with Crippen LogP contribution in [0.1, 0.15) is 109 Å². The van der Waals surface area contributed by atoms with Gasteiger partial charge in [-0.15, -0.1) is 0 Å². The maximum absolute atomic E-state index is 12.1. The molecule has 222 valence electrons. The highest BCUT2D eigenvalue weighted by Crippen LogP contribution is 2.37. The van der Waals surface area contributed by atoms with Crippen LogP contribution in [0.25, 0.3) is 22.3 Å². The van der Waals surface area contributed by atoms with Crippen molar-refractivity contribution < 1.29 is 23.4 Å². The van der Waals surface area contributed by atoms with Crippen LogP contribution in [0.15, 0.2) is 59.0 Å². The van der Waals surface area contributed by atoms with E-state index in [1.807, 2.05) is 24.3 Å².